The number of esters is 3. The van der Waals surface area contributed by atoms with Gasteiger partial charge in [0.05, 0.1) is 18.3 Å². The van der Waals surface area contributed by atoms with Gasteiger partial charge in [0.25, 0.3) is 0 Å². The molecule has 0 saturated carbocycles. The van der Waals surface area contributed by atoms with Crippen molar-refractivity contribution in [2.45, 2.75) is 296 Å². The average molecular weight is 933 g/mol. The Hall–Kier alpha value is -2.49. The zero-order valence-electron chi connectivity index (χ0n) is 43.1. The highest BCUT2D eigenvalue weighted by Gasteiger charge is 2.19. The molecule has 0 radical (unpaired) electrons. The molecule has 0 fully saturated rings. The molecule has 0 unspecified atom stereocenters. The number of ether oxygens (including phenoxy) is 3. The summed E-state index contributed by atoms with van der Waals surface area (Å²) in [4.78, 5) is 38.1. The third-order valence-electron chi connectivity index (χ3n) is 12.3. The third-order valence-corrected chi connectivity index (χ3v) is 12.3. The summed E-state index contributed by atoms with van der Waals surface area (Å²) in [7, 11) is 0. The van der Waals surface area contributed by atoms with Crippen LogP contribution in [0.25, 0.3) is 0 Å². The van der Waals surface area contributed by atoms with Crippen LogP contribution in [-0.4, -0.2) is 70.9 Å². The van der Waals surface area contributed by atoms with Crippen molar-refractivity contribution in [1.82, 2.24) is 0 Å². The molecule has 0 rings (SSSR count). The van der Waals surface area contributed by atoms with Gasteiger partial charge < -0.3 is 29.5 Å². The van der Waals surface area contributed by atoms with Crippen LogP contribution in [0.2, 0.25) is 0 Å². The van der Waals surface area contributed by atoms with Crippen molar-refractivity contribution in [3.05, 3.63) is 36.5 Å². The highest BCUT2D eigenvalue weighted by Crippen LogP contribution is 2.15. The van der Waals surface area contributed by atoms with E-state index in [0.717, 1.165) is 167 Å². The second kappa shape index (κ2) is 50.4. The molecule has 0 bridgehead atoms. The molecule has 0 aliphatic rings. The molecule has 66 heavy (non-hydrogen) atoms. The van der Waals surface area contributed by atoms with Crippen LogP contribution in [0, 0.1) is 0 Å². The molecular formula is C57H104O9. The summed E-state index contributed by atoms with van der Waals surface area (Å²) in [6.45, 7) is 6.33. The maximum absolute atomic E-state index is 12.8. The highest BCUT2D eigenvalue weighted by molar-refractivity contribution is 5.71. The Morgan fingerprint density at radius 2 is 0.652 bits per heavy atom. The van der Waals surface area contributed by atoms with Crippen LogP contribution < -0.4 is 0 Å². The maximum Gasteiger partial charge on any atom is 0.306 e. The Balaban J connectivity index is 4.51. The first-order valence-corrected chi connectivity index (χ1v) is 27.7. The molecule has 9 heteroatoms. The molecule has 3 atom stereocenters. The summed E-state index contributed by atoms with van der Waals surface area (Å²) < 4.78 is 16.7. The monoisotopic (exact) mass is 933 g/mol. The fraction of sp³-hybridized carbons (Fsp3) is 0.842. The summed E-state index contributed by atoms with van der Waals surface area (Å²) in [6, 6.07) is 0. The lowest BCUT2D eigenvalue weighted by Crippen LogP contribution is -2.30. The van der Waals surface area contributed by atoms with E-state index >= 15 is 0 Å². The van der Waals surface area contributed by atoms with E-state index < -0.39 is 6.10 Å². The second-order valence-electron chi connectivity index (χ2n) is 19.0. The first-order valence-electron chi connectivity index (χ1n) is 27.7. The predicted molar refractivity (Wildman–Crippen MR) is 274 cm³/mol. The number of aliphatic hydroxyl groups is 3. The quantitative estimate of drug-likeness (QED) is 0.0235. The van der Waals surface area contributed by atoms with E-state index in [-0.39, 0.29) is 55.9 Å². The smallest absolute Gasteiger partial charge is 0.306 e. The summed E-state index contributed by atoms with van der Waals surface area (Å²) in [5.41, 5.74) is 0. The fourth-order valence-electron chi connectivity index (χ4n) is 7.95. The van der Waals surface area contributed by atoms with Crippen molar-refractivity contribution in [2.24, 2.45) is 0 Å². The number of hydrogen-bond acceptors (Lipinski definition) is 9. The predicted octanol–water partition coefficient (Wildman–Crippen LogP) is 15.0. The van der Waals surface area contributed by atoms with E-state index in [2.05, 4.69) is 57.2 Å². The molecule has 0 aromatic carbocycles. The minimum Gasteiger partial charge on any atom is -0.462 e. The summed E-state index contributed by atoms with van der Waals surface area (Å²) in [5, 5.41) is 30.4. The Bertz CT molecular complexity index is 1110. The first-order chi connectivity index (χ1) is 32.2. The number of rotatable bonds is 50. The van der Waals surface area contributed by atoms with E-state index in [9.17, 15) is 29.7 Å². The van der Waals surface area contributed by atoms with Crippen molar-refractivity contribution in [2.75, 3.05) is 13.2 Å². The number of aliphatic hydroxyl groups excluding tert-OH is 3. The van der Waals surface area contributed by atoms with Gasteiger partial charge in [-0.05, 0) is 96.3 Å². The van der Waals surface area contributed by atoms with Crippen LogP contribution >= 0.6 is 0 Å². The van der Waals surface area contributed by atoms with Crippen molar-refractivity contribution in [3.8, 4) is 0 Å². The average Bonchev–Trinajstić information content (AvgIpc) is 3.30. The Morgan fingerprint density at radius 3 is 0.985 bits per heavy atom. The van der Waals surface area contributed by atoms with Crippen LogP contribution in [0.3, 0.4) is 0 Å². The lowest BCUT2D eigenvalue weighted by Gasteiger charge is -2.18. The van der Waals surface area contributed by atoms with Gasteiger partial charge in [0.1, 0.15) is 13.2 Å². The van der Waals surface area contributed by atoms with E-state index in [1.165, 1.54) is 57.8 Å². The van der Waals surface area contributed by atoms with Gasteiger partial charge >= 0.3 is 17.9 Å². The fourth-order valence-corrected chi connectivity index (χ4v) is 7.95. The maximum atomic E-state index is 12.8. The van der Waals surface area contributed by atoms with Crippen molar-refractivity contribution < 1.29 is 43.9 Å². The van der Waals surface area contributed by atoms with E-state index in [4.69, 9.17) is 14.2 Å². The van der Waals surface area contributed by atoms with E-state index in [1.54, 1.807) is 0 Å². The molecule has 0 aromatic rings. The minimum absolute atomic E-state index is 0.132. The van der Waals surface area contributed by atoms with Gasteiger partial charge in [-0.15, -0.1) is 0 Å². The highest BCUT2D eigenvalue weighted by atomic mass is 16.6. The normalized spacial score (nSPS) is 13.3. The van der Waals surface area contributed by atoms with Crippen LogP contribution in [-0.2, 0) is 28.6 Å². The standard InChI is InChI=1S/C57H104O9/c1-4-7-10-31-40-51(58)43-34-25-19-13-16-22-28-37-46-55(61)64-49-54(66-57(63)48-39-30-24-18-15-21-27-36-45-53(60)42-33-12-9-6-3)50-65-56(62)47-38-29-23-17-14-20-26-35-44-52(59)41-32-11-8-5-2/h25-27,34-36,51-54,58-60H,4-24,28-33,37-50H2,1-3H3/b34-25+,35-26+,36-27+/t51-,52-,53-/m1/s1. The van der Waals surface area contributed by atoms with Gasteiger partial charge in [-0.1, -0.05) is 192 Å². The molecule has 0 saturated heterocycles. The summed E-state index contributed by atoms with van der Waals surface area (Å²) in [6.07, 6.45) is 48.9. The van der Waals surface area contributed by atoms with Crippen LogP contribution in [0.15, 0.2) is 36.5 Å². The molecule has 0 aromatic heterocycles. The Morgan fingerprint density at radius 1 is 0.364 bits per heavy atom. The van der Waals surface area contributed by atoms with E-state index in [0.29, 0.717) is 19.3 Å². The van der Waals surface area contributed by atoms with Crippen molar-refractivity contribution >= 4 is 17.9 Å². The molecule has 0 aliphatic carbocycles. The van der Waals surface area contributed by atoms with Gasteiger partial charge in [0.2, 0.25) is 0 Å². The summed E-state index contributed by atoms with van der Waals surface area (Å²) >= 11 is 0. The number of hydrogen-bond donors (Lipinski definition) is 3. The molecule has 0 spiro atoms. The lowest BCUT2D eigenvalue weighted by atomic mass is 10.1. The SMILES string of the molecule is CCCCCC[C@@H](O)C/C=C/CCCCCCCC(=O)OCC(COC(=O)CCCCCCC/C=C/C[C@H](O)CCCCCC)OC(=O)CCCCCCC/C=C/C[C@H](O)CCCCCC. The van der Waals surface area contributed by atoms with Crippen molar-refractivity contribution in [3.63, 3.8) is 0 Å². The molecule has 0 heterocycles. The van der Waals surface area contributed by atoms with Gasteiger partial charge in [-0.2, -0.15) is 0 Å². The number of allylic oxidation sites excluding steroid dienone is 3. The van der Waals surface area contributed by atoms with Gasteiger partial charge in [0, 0.05) is 19.3 Å². The van der Waals surface area contributed by atoms with Crippen LogP contribution in [0.4, 0.5) is 0 Å². The summed E-state index contributed by atoms with van der Waals surface area (Å²) in [5.74, 6) is -1.04. The molecule has 9 nitrogen and oxygen atoms in total. The third kappa shape index (κ3) is 48.0. The molecule has 386 valence electrons. The Labute approximate surface area is 405 Å². The first kappa shape index (κ1) is 63.5. The second-order valence-corrected chi connectivity index (χ2v) is 19.0. The lowest BCUT2D eigenvalue weighted by molar-refractivity contribution is -0.167. The number of unbranched alkanes of at least 4 members (excludes halogenated alkanes) is 24. The van der Waals surface area contributed by atoms with Crippen LogP contribution in [0.5, 0.6) is 0 Å². The largest absolute Gasteiger partial charge is 0.462 e. The topological polar surface area (TPSA) is 140 Å². The molecular weight excluding hydrogens is 829 g/mol. The van der Waals surface area contributed by atoms with Gasteiger partial charge in [-0.3, -0.25) is 14.4 Å². The van der Waals surface area contributed by atoms with Gasteiger partial charge in [0.15, 0.2) is 6.10 Å². The number of carbonyl (C=O) groups excluding carboxylic acids is 3. The van der Waals surface area contributed by atoms with Gasteiger partial charge in [-0.25, -0.2) is 0 Å². The minimum atomic E-state index is -0.836. The van der Waals surface area contributed by atoms with Crippen molar-refractivity contribution in [1.29, 1.82) is 0 Å². The number of carbonyl (C=O) groups is 3. The Kier molecular flexibility index (Phi) is 48.5. The van der Waals surface area contributed by atoms with E-state index in [1.807, 2.05) is 0 Å². The zero-order valence-corrected chi connectivity index (χ0v) is 43.1. The molecule has 3 N–H and O–H groups in total. The van der Waals surface area contributed by atoms with Crippen LogP contribution in [0.1, 0.15) is 271 Å². The molecule has 0 amide bonds. The molecule has 0 aliphatic heterocycles. The zero-order chi connectivity index (χ0) is 48.4.